The topological polar surface area (TPSA) is 84.2 Å². The molecule has 0 amide bonds. The summed E-state index contributed by atoms with van der Waals surface area (Å²) in [5, 5.41) is 18.6. The van der Waals surface area contributed by atoms with Gasteiger partial charge in [0, 0.05) is 24.0 Å². The third kappa shape index (κ3) is 1.55. The zero-order valence-corrected chi connectivity index (χ0v) is 11.7. The van der Waals surface area contributed by atoms with E-state index in [-0.39, 0.29) is 0 Å². The summed E-state index contributed by atoms with van der Waals surface area (Å²) >= 11 is 0. The molecule has 8 nitrogen and oxygen atoms in total. The molecule has 0 atom stereocenters. The third-order valence-electron chi connectivity index (χ3n) is 4.11. The Morgan fingerprint density at radius 1 is 1.14 bits per heavy atom. The first kappa shape index (κ1) is 11.9. The van der Waals surface area contributed by atoms with Gasteiger partial charge in [-0.3, -0.25) is 0 Å². The number of nitrogens with zero attached hydrogens (tertiary/aromatic N) is 6. The molecule has 4 heterocycles. The minimum Gasteiger partial charge on any atom is -0.378 e. The number of morpholine rings is 1. The van der Waals surface area contributed by atoms with Gasteiger partial charge in [0.15, 0.2) is 5.82 Å². The van der Waals surface area contributed by atoms with Crippen LogP contribution in [-0.2, 0) is 4.74 Å². The van der Waals surface area contributed by atoms with Crippen LogP contribution in [-0.4, -0.2) is 56.5 Å². The van der Waals surface area contributed by atoms with E-state index in [1.54, 1.807) is 0 Å². The highest BCUT2D eigenvalue weighted by Crippen LogP contribution is 2.33. The maximum Gasteiger partial charge on any atom is 0.224 e. The number of tetrazole rings is 1. The van der Waals surface area contributed by atoms with E-state index in [2.05, 4.69) is 42.6 Å². The summed E-state index contributed by atoms with van der Waals surface area (Å²) in [6.45, 7) is 3.04. The van der Waals surface area contributed by atoms with Gasteiger partial charge < -0.3 is 14.6 Å². The SMILES string of the molecule is c1ccc2c(c1)[nH]c1c2c(N2CCOCC2)nn2nnnc12. The predicted octanol–water partition coefficient (Wildman–Crippen LogP) is 0.990. The van der Waals surface area contributed by atoms with Crippen molar-refractivity contribution in [2.24, 2.45) is 0 Å². The lowest BCUT2D eigenvalue weighted by Crippen LogP contribution is -2.37. The van der Waals surface area contributed by atoms with Crippen LogP contribution in [0.1, 0.15) is 0 Å². The molecule has 22 heavy (non-hydrogen) atoms. The van der Waals surface area contributed by atoms with E-state index < -0.39 is 0 Å². The first-order valence-electron chi connectivity index (χ1n) is 7.23. The number of hydrogen-bond donors (Lipinski definition) is 1. The number of anilines is 1. The molecule has 110 valence electrons. The Bertz CT molecular complexity index is 983. The van der Waals surface area contributed by atoms with Crippen molar-refractivity contribution in [3.05, 3.63) is 24.3 Å². The molecule has 0 aliphatic carbocycles. The van der Waals surface area contributed by atoms with Gasteiger partial charge >= 0.3 is 0 Å². The number of hydrogen-bond acceptors (Lipinski definition) is 6. The van der Waals surface area contributed by atoms with Crippen molar-refractivity contribution in [1.82, 2.24) is 30.2 Å². The van der Waals surface area contributed by atoms with Crippen LogP contribution >= 0.6 is 0 Å². The van der Waals surface area contributed by atoms with Crippen LogP contribution in [0.15, 0.2) is 24.3 Å². The highest BCUT2D eigenvalue weighted by Gasteiger charge is 2.21. The van der Waals surface area contributed by atoms with Gasteiger partial charge in [0.1, 0.15) is 0 Å². The van der Waals surface area contributed by atoms with Gasteiger partial charge in [-0.05, 0) is 16.5 Å². The van der Waals surface area contributed by atoms with E-state index in [0.717, 1.165) is 40.7 Å². The summed E-state index contributed by atoms with van der Waals surface area (Å²) in [5.41, 5.74) is 2.62. The molecule has 1 aliphatic heterocycles. The van der Waals surface area contributed by atoms with E-state index >= 15 is 0 Å². The Balaban J connectivity index is 1.92. The molecule has 0 spiro atoms. The molecule has 5 rings (SSSR count). The zero-order chi connectivity index (χ0) is 14.5. The van der Waals surface area contributed by atoms with Gasteiger partial charge in [-0.25, -0.2) is 0 Å². The van der Waals surface area contributed by atoms with Gasteiger partial charge in [-0.1, -0.05) is 18.2 Å². The number of aromatic amines is 1. The summed E-state index contributed by atoms with van der Waals surface area (Å²) in [6, 6.07) is 8.20. The first-order chi connectivity index (χ1) is 10.9. The summed E-state index contributed by atoms with van der Waals surface area (Å²) in [5.74, 6) is 0.899. The maximum absolute atomic E-state index is 5.45. The number of ether oxygens (including phenoxy) is 1. The second-order valence-corrected chi connectivity index (χ2v) is 5.34. The Morgan fingerprint density at radius 3 is 2.91 bits per heavy atom. The number of fused-ring (bicyclic) bond motifs is 5. The fourth-order valence-electron chi connectivity index (χ4n) is 3.08. The smallest absolute Gasteiger partial charge is 0.224 e. The average molecular weight is 295 g/mol. The van der Waals surface area contributed by atoms with Crippen molar-refractivity contribution >= 4 is 33.3 Å². The lowest BCUT2D eigenvalue weighted by molar-refractivity contribution is 0.122. The van der Waals surface area contributed by atoms with Gasteiger partial charge in [0.2, 0.25) is 5.65 Å². The second kappa shape index (κ2) is 4.38. The van der Waals surface area contributed by atoms with Crippen LogP contribution in [0.3, 0.4) is 0 Å². The first-order valence-corrected chi connectivity index (χ1v) is 7.23. The Morgan fingerprint density at radius 2 is 2.00 bits per heavy atom. The molecular formula is C14H13N7O. The minimum atomic E-state index is 0.642. The fourth-order valence-corrected chi connectivity index (χ4v) is 3.08. The van der Waals surface area contributed by atoms with Crippen LogP contribution < -0.4 is 4.90 Å². The predicted molar refractivity (Wildman–Crippen MR) is 81.0 cm³/mol. The normalized spacial score (nSPS) is 16.1. The molecule has 1 aromatic carbocycles. The molecule has 0 bridgehead atoms. The average Bonchev–Trinajstić information content (AvgIpc) is 3.19. The molecule has 0 saturated carbocycles. The van der Waals surface area contributed by atoms with E-state index in [0.29, 0.717) is 18.9 Å². The van der Waals surface area contributed by atoms with Gasteiger partial charge in [-0.15, -0.1) is 14.8 Å². The lowest BCUT2D eigenvalue weighted by atomic mass is 10.2. The summed E-state index contributed by atoms with van der Waals surface area (Å²) in [6.07, 6.45) is 0. The molecular weight excluding hydrogens is 282 g/mol. The number of nitrogens with one attached hydrogen (secondary N) is 1. The molecule has 1 N–H and O–H groups in total. The molecule has 1 aliphatic rings. The summed E-state index contributed by atoms with van der Waals surface area (Å²) in [4.78, 5) is 5.65. The largest absolute Gasteiger partial charge is 0.378 e. The fraction of sp³-hybridized carbons (Fsp3) is 0.286. The van der Waals surface area contributed by atoms with Crippen LogP contribution in [0.25, 0.3) is 27.5 Å². The summed E-state index contributed by atoms with van der Waals surface area (Å²) in [7, 11) is 0. The number of H-pyrrole nitrogens is 1. The highest BCUT2D eigenvalue weighted by atomic mass is 16.5. The number of rotatable bonds is 1. The van der Waals surface area contributed by atoms with E-state index in [9.17, 15) is 0 Å². The zero-order valence-electron chi connectivity index (χ0n) is 11.7. The number of para-hydroxylation sites is 1. The van der Waals surface area contributed by atoms with Gasteiger partial charge in [0.05, 0.1) is 24.1 Å². The lowest BCUT2D eigenvalue weighted by Gasteiger charge is -2.28. The van der Waals surface area contributed by atoms with Crippen molar-refractivity contribution in [3.8, 4) is 0 Å². The van der Waals surface area contributed by atoms with Crippen molar-refractivity contribution in [2.45, 2.75) is 0 Å². The van der Waals surface area contributed by atoms with Crippen molar-refractivity contribution in [2.75, 3.05) is 31.2 Å². The Kier molecular flexibility index (Phi) is 2.36. The molecule has 0 unspecified atom stereocenters. The monoisotopic (exact) mass is 295 g/mol. The molecule has 8 heteroatoms. The Labute approximate surface area is 124 Å². The van der Waals surface area contributed by atoms with Gasteiger partial charge in [-0.2, -0.15) is 0 Å². The van der Waals surface area contributed by atoms with Crippen LogP contribution in [0.5, 0.6) is 0 Å². The molecule has 4 aromatic rings. The van der Waals surface area contributed by atoms with Crippen molar-refractivity contribution < 1.29 is 4.74 Å². The maximum atomic E-state index is 5.45. The quantitative estimate of drug-likeness (QED) is 0.564. The van der Waals surface area contributed by atoms with Crippen LogP contribution in [0, 0.1) is 0 Å². The number of aromatic nitrogens is 6. The van der Waals surface area contributed by atoms with E-state index in [1.165, 1.54) is 4.63 Å². The van der Waals surface area contributed by atoms with Crippen molar-refractivity contribution in [3.63, 3.8) is 0 Å². The van der Waals surface area contributed by atoms with E-state index in [4.69, 9.17) is 4.74 Å². The van der Waals surface area contributed by atoms with Crippen molar-refractivity contribution in [1.29, 1.82) is 0 Å². The third-order valence-corrected chi connectivity index (χ3v) is 4.11. The molecule has 3 aromatic heterocycles. The van der Waals surface area contributed by atoms with E-state index in [1.807, 2.05) is 12.1 Å². The van der Waals surface area contributed by atoms with Crippen LogP contribution in [0.2, 0.25) is 0 Å². The van der Waals surface area contributed by atoms with Gasteiger partial charge in [0.25, 0.3) is 0 Å². The standard InChI is InChI=1S/C14H13N7O/c1-2-4-10-9(3-1)11-12(15-10)14-16-18-19-21(14)17-13(11)20-5-7-22-8-6-20/h1-4,15H,5-8H2. The Hall–Kier alpha value is -2.74. The molecule has 1 saturated heterocycles. The number of benzene rings is 1. The highest BCUT2D eigenvalue weighted by molar-refractivity contribution is 6.15. The molecule has 0 radical (unpaired) electrons. The van der Waals surface area contributed by atoms with Crippen LogP contribution in [0.4, 0.5) is 5.82 Å². The second-order valence-electron chi connectivity index (χ2n) is 5.34. The minimum absolute atomic E-state index is 0.642. The molecule has 1 fully saturated rings. The summed E-state index contributed by atoms with van der Waals surface area (Å²) < 4.78 is 6.94.